The number of rotatable bonds is 4. The van der Waals surface area contributed by atoms with Gasteiger partial charge in [-0.2, -0.15) is 0 Å². The number of carbonyl (C=O) groups is 2. The summed E-state index contributed by atoms with van der Waals surface area (Å²) in [6, 6.07) is 17.0. The van der Waals surface area contributed by atoms with Gasteiger partial charge in [0.05, 0.1) is 0 Å². The molecule has 0 saturated heterocycles. The average Bonchev–Trinajstić information content (AvgIpc) is 2.96. The molecule has 2 aromatic carbocycles. The molecular formula is C25H22O2. The molecule has 0 saturated carbocycles. The zero-order valence-electron chi connectivity index (χ0n) is 15.2. The minimum absolute atomic E-state index is 0.0660. The number of ketones is 2. The first-order valence-electron chi connectivity index (χ1n) is 9.55. The molecule has 2 atom stereocenters. The van der Waals surface area contributed by atoms with E-state index in [0.717, 1.165) is 24.8 Å². The van der Waals surface area contributed by atoms with Crippen molar-refractivity contribution in [3.63, 3.8) is 0 Å². The lowest BCUT2D eigenvalue weighted by molar-refractivity contribution is 0.0548. The van der Waals surface area contributed by atoms with Gasteiger partial charge in [0.15, 0.2) is 11.6 Å². The third-order valence-corrected chi connectivity index (χ3v) is 6.08. The van der Waals surface area contributed by atoms with Gasteiger partial charge in [-0.1, -0.05) is 66.7 Å². The first-order chi connectivity index (χ1) is 13.2. The average molecular weight is 354 g/mol. The van der Waals surface area contributed by atoms with E-state index >= 15 is 0 Å². The summed E-state index contributed by atoms with van der Waals surface area (Å²) in [5.74, 6) is 2.16. The SMILES string of the molecule is C#CCC(c1ccccc1)C1(C2C=CCCC2)C(=O)c2ccccc2C1=O. The number of hydrogen-bond donors (Lipinski definition) is 0. The van der Waals surface area contributed by atoms with Crippen LogP contribution in [-0.4, -0.2) is 11.6 Å². The Kier molecular flexibility index (Phi) is 4.54. The van der Waals surface area contributed by atoms with Crippen LogP contribution in [0.5, 0.6) is 0 Å². The number of fused-ring (bicyclic) bond motifs is 1. The summed E-state index contributed by atoms with van der Waals surface area (Å²) in [6.07, 6.45) is 13.1. The van der Waals surface area contributed by atoms with Crippen LogP contribution in [0.2, 0.25) is 0 Å². The molecule has 4 rings (SSSR count). The predicted octanol–water partition coefficient (Wildman–Crippen LogP) is 5.22. The van der Waals surface area contributed by atoms with Crippen molar-refractivity contribution in [3.8, 4) is 12.3 Å². The summed E-state index contributed by atoms with van der Waals surface area (Å²) in [4.78, 5) is 27.6. The monoisotopic (exact) mass is 354 g/mol. The van der Waals surface area contributed by atoms with Crippen LogP contribution in [0.4, 0.5) is 0 Å². The van der Waals surface area contributed by atoms with Crippen LogP contribution < -0.4 is 0 Å². The number of hydrogen-bond acceptors (Lipinski definition) is 2. The Morgan fingerprint density at radius 2 is 1.63 bits per heavy atom. The van der Waals surface area contributed by atoms with Crippen LogP contribution in [0.3, 0.4) is 0 Å². The molecule has 2 nitrogen and oxygen atoms in total. The molecule has 27 heavy (non-hydrogen) atoms. The normalized spacial score (nSPS) is 21.5. The van der Waals surface area contributed by atoms with Crippen LogP contribution >= 0.6 is 0 Å². The van der Waals surface area contributed by atoms with Crippen molar-refractivity contribution in [2.45, 2.75) is 31.6 Å². The number of terminal acetylenes is 1. The molecule has 0 heterocycles. The highest BCUT2D eigenvalue weighted by atomic mass is 16.2. The van der Waals surface area contributed by atoms with Crippen molar-refractivity contribution in [3.05, 3.63) is 83.4 Å². The lowest BCUT2D eigenvalue weighted by atomic mass is 9.58. The van der Waals surface area contributed by atoms with E-state index in [4.69, 9.17) is 6.42 Å². The Labute approximate surface area is 160 Å². The molecule has 0 aliphatic heterocycles. The molecule has 2 unspecified atom stereocenters. The van der Waals surface area contributed by atoms with Gasteiger partial charge in [0.25, 0.3) is 0 Å². The van der Waals surface area contributed by atoms with Gasteiger partial charge in [-0.15, -0.1) is 12.3 Å². The Balaban J connectivity index is 1.97. The molecule has 0 fully saturated rings. The van der Waals surface area contributed by atoms with E-state index in [2.05, 4.69) is 18.1 Å². The van der Waals surface area contributed by atoms with Gasteiger partial charge in [0.1, 0.15) is 5.41 Å². The fourth-order valence-electron chi connectivity index (χ4n) is 4.88. The first kappa shape index (κ1) is 17.5. The smallest absolute Gasteiger partial charge is 0.178 e. The number of benzene rings is 2. The van der Waals surface area contributed by atoms with Crippen LogP contribution in [0.25, 0.3) is 0 Å². The first-order valence-corrected chi connectivity index (χ1v) is 9.55. The molecule has 0 amide bonds. The van der Waals surface area contributed by atoms with Crippen LogP contribution in [0.15, 0.2) is 66.7 Å². The lowest BCUT2D eigenvalue weighted by Crippen LogP contribution is -2.46. The molecule has 0 spiro atoms. The Bertz CT molecular complexity index is 911. The summed E-state index contributed by atoms with van der Waals surface area (Å²) in [6.45, 7) is 0. The van der Waals surface area contributed by atoms with Gasteiger partial charge >= 0.3 is 0 Å². The fraction of sp³-hybridized carbons (Fsp3) is 0.280. The Morgan fingerprint density at radius 1 is 1.00 bits per heavy atom. The zero-order chi connectivity index (χ0) is 18.9. The number of Topliss-reactive ketones (excluding diaryl/α,β-unsaturated/α-hetero) is 2. The maximum atomic E-state index is 13.8. The van der Waals surface area contributed by atoms with E-state index in [-0.39, 0.29) is 23.4 Å². The Morgan fingerprint density at radius 3 is 2.19 bits per heavy atom. The summed E-state index contributed by atoms with van der Waals surface area (Å²) in [7, 11) is 0. The van der Waals surface area contributed by atoms with E-state index in [1.807, 2.05) is 42.5 Å². The van der Waals surface area contributed by atoms with Crippen molar-refractivity contribution < 1.29 is 9.59 Å². The van der Waals surface area contributed by atoms with Crippen molar-refractivity contribution in [2.24, 2.45) is 11.3 Å². The van der Waals surface area contributed by atoms with Crippen molar-refractivity contribution >= 4 is 11.6 Å². The quantitative estimate of drug-likeness (QED) is 0.429. The molecule has 0 bridgehead atoms. The maximum absolute atomic E-state index is 13.8. The van der Waals surface area contributed by atoms with Crippen molar-refractivity contribution in [2.75, 3.05) is 0 Å². The van der Waals surface area contributed by atoms with Crippen molar-refractivity contribution in [1.29, 1.82) is 0 Å². The lowest BCUT2D eigenvalue weighted by Gasteiger charge is -2.40. The van der Waals surface area contributed by atoms with Gasteiger partial charge in [0, 0.05) is 23.5 Å². The summed E-state index contributed by atoms with van der Waals surface area (Å²) < 4.78 is 0. The van der Waals surface area contributed by atoms with Gasteiger partial charge in [0.2, 0.25) is 0 Å². The fourth-order valence-corrected chi connectivity index (χ4v) is 4.88. The zero-order valence-corrected chi connectivity index (χ0v) is 15.2. The summed E-state index contributed by atoms with van der Waals surface area (Å²) >= 11 is 0. The van der Waals surface area contributed by atoms with Gasteiger partial charge < -0.3 is 0 Å². The number of allylic oxidation sites excluding steroid dienone is 2. The second-order valence-electron chi connectivity index (χ2n) is 7.41. The largest absolute Gasteiger partial charge is 0.293 e. The summed E-state index contributed by atoms with van der Waals surface area (Å²) in [5.41, 5.74) is 0.900. The molecule has 134 valence electrons. The highest BCUT2D eigenvalue weighted by molar-refractivity contribution is 6.30. The van der Waals surface area contributed by atoms with Crippen molar-refractivity contribution in [1.82, 2.24) is 0 Å². The van der Waals surface area contributed by atoms with Gasteiger partial charge in [-0.05, 0) is 30.7 Å². The highest BCUT2D eigenvalue weighted by Crippen LogP contribution is 2.55. The third kappa shape index (κ3) is 2.58. The maximum Gasteiger partial charge on any atom is 0.178 e. The standard InChI is InChI=1S/C25H22O2/c1-2-11-22(18-12-5-3-6-13-18)25(19-14-7-4-8-15-19)23(26)20-16-9-10-17-21(20)24(25)27/h1,3,5-7,9-10,12-14,16-17,19,22H,4,8,11,15H2. The second kappa shape index (κ2) is 7.00. The molecule has 2 aliphatic carbocycles. The molecule has 0 radical (unpaired) electrons. The minimum atomic E-state index is -1.14. The second-order valence-corrected chi connectivity index (χ2v) is 7.41. The van der Waals surface area contributed by atoms with E-state index < -0.39 is 5.41 Å². The molecule has 0 N–H and O–H groups in total. The van der Waals surface area contributed by atoms with Crippen LogP contribution in [-0.2, 0) is 0 Å². The minimum Gasteiger partial charge on any atom is -0.293 e. The van der Waals surface area contributed by atoms with Crippen LogP contribution in [0.1, 0.15) is 57.9 Å². The molecule has 2 heteroatoms. The van der Waals surface area contributed by atoms with Gasteiger partial charge in [-0.3, -0.25) is 9.59 Å². The molecular weight excluding hydrogens is 332 g/mol. The van der Waals surface area contributed by atoms with Gasteiger partial charge in [-0.25, -0.2) is 0 Å². The van der Waals surface area contributed by atoms with E-state index in [1.54, 1.807) is 12.1 Å². The van der Waals surface area contributed by atoms with E-state index in [9.17, 15) is 9.59 Å². The van der Waals surface area contributed by atoms with E-state index in [1.165, 1.54) is 0 Å². The number of carbonyl (C=O) groups excluding carboxylic acids is 2. The highest BCUT2D eigenvalue weighted by Gasteiger charge is 2.60. The summed E-state index contributed by atoms with van der Waals surface area (Å²) in [5, 5.41) is 0. The predicted molar refractivity (Wildman–Crippen MR) is 107 cm³/mol. The Hall–Kier alpha value is -2.92. The third-order valence-electron chi connectivity index (χ3n) is 6.08. The molecule has 0 aromatic heterocycles. The van der Waals surface area contributed by atoms with Crippen LogP contribution in [0, 0.1) is 23.7 Å². The molecule has 2 aliphatic rings. The topological polar surface area (TPSA) is 34.1 Å². The van der Waals surface area contributed by atoms with E-state index in [0.29, 0.717) is 17.5 Å². The molecule has 2 aromatic rings.